The van der Waals surface area contributed by atoms with Crippen molar-refractivity contribution in [2.75, 3.05) is 13.1 Å². The van der Waals surface area contributed by atoms with Crippen LogP contribution in [0.5, 0.6) is 5.75 Å². The average Bonchev–Trinajstić information content (AvgIpc) is 3.06. The number of nitrogens with zero attached hydrogens (tertiary/aromatic N) is 2. The topological polar surface area (TPSA) is 47.0 Å². The van der Waals surface area contributed by atoms with Crippen LogP contribution >= 0.6 is 11.6 Å². The van der Waals surface area contributed by atoms with Gasteiger partial charge in [-0.1, -0.05) is 11.6 Å². The maximum Gasteiger partial charge on any atom is 0.177 e. The Morgan fingerprint density at radius 3 is 2.64 bits per heavy atom. The van der Waals surface area contributed by atoms with Gasteiger partial charge in [0.2, 0.25) is 0 Å². The number of ether oxygens (including phenoxy) is 1. The van der Waals surface area contributed by atoms with Gasteiger partial charge in [-0.25, -0.2) is 18.7 Å². The fraction of sp³-hybridized carbons (Fsp3) is 0.333. The summed E-state index contributed by atoms with van der Waals surface area (Å²) in [4.78, 5) is 8.36. The van der Waals surface area contributed by atoms with Crippen LogP contribution in [0.15, 0.2) is 30.6 Å². The molecule has 0 bridgehead atoms. The molecule has 0 amide bonds. The quantitative estimate of drug-likeness (QED) is 0.877. The first-order valence-electron chi connectivity index (χ1n) is 6.94. The summed E-state index contributed by atoms with van der Waals surface area (Å²) in [5.74, 6) is -1.25. The van der Waals surface area contributed by atoms with E-state index < -0.39 is 17.7 Å². The maximum absolute atomic E-state index is 14.0. The second-order valence-electron chi connectivity index (χ2n) is 5.07. The Balaban J connectivity index is 1.95. The van der Waals surface area contributed by atoms with Crippen LogP contribution in [0.3, 0.4) is 0 Å². The molecule has 7 heteroatoms. The minimum atomic E-state index is -0.727. The number of halogens is 3. The van der Waals surface area contributed by atoms with Crippen LogP contribution in [0.25, 0.3) is 0 Å². The number of hydrogen-bond acceptors (Lipinski definition) is 4. The Bertz CT molecular complexity index is 651. The Labute approximate surface area is 131 Å². The van der Waals surface area contributed by atoms with Gasteiger partial charge in [0.15, 0.2) is 23.5 Å². The van der Waals surface area contributed by atoms with E-state index in [0.717, 1.165) is 25.1 Å². The second kappa shape index (κ2) is 6.54. The lowest BCUT2D eigenvalue weighted by atomic mass is 10.0. The first-order valence-corrected chi connectivity index (χ1v) is 7.32. The van der Waals surface area contributed by atoms with Gasteiger partial charge in [0.25, 0.3) is 0 Å². The van der Waals surface area contributed by atoms with E-state index in [4.69, 9.17) is 16.3 Å². The summed E-state index contributed by atoms with van der Waals surface area (Å²) in [6.07, 6.45) is 3.41. The van der Waals surface area contributed by atoms with Gasteiger partial charge >= 0.3 is 0 Å². The number of benzene rings is 1. The Morgan fingerprint density at radius 2 is 1.95 bits per heavy atom. The molecule has 0 radical (unpaired) electrons. The summed E-state index contributed by atoms with van der Waals surface area (Å²) in [5, 5.41) is 2.84. The summed E-state index contributed by atoms with van der Waals surface area (Å²) in [5.41, 5.74) is 0. The Hall–Kier alpha value is -1.79. The van der Waals surface area contributed by atoms with E-state index in [1.54, 1.807) is 18.5 Å². The van der Waals surface area contributed by atoms with Crippen LogP contribution < -0.4 is 10.1 Å². The molecule has 1 aromatic carbocycles. The largest absolute Gasteiger partial charge is 0.477 e. The van der Waals surface area contributed by atoms with Crippen molar-refractivity contribution >= 4 is 11.6 Å². The highest BCUT2D eigenvalue weighted by Crippen LogP contribution is 2.36. The van der Waals surface area contributed by atoms with Crippen molar-refractivity contribution < 1.29 is 13.5 Å². The zero-order valence-electron chi connectivity index (χ0n) is 11.6. The van der Waals surface area contributed by atoms with Gasteiger partial charge in [-0.2, -0.15) is 0 Å². The van der Waals surface area contributed by atoms with E-state index in [1.165, 1.54) is 0 Å². The van der Waals surface area contributed by atoms with Gasteiger partial charge in [-0.15, -0.1) is 0 Å². The summed E-state index contributed by atoms with van der Waals surface area (Å²) in [7, 11) is 0. The number of nitrogens with one attached hydrogen (secondary N) is 1. The standard InChI is InChI=1S/C15H14ClF2N3O/c16-12-10(17)2-3-11(18)14(12)22-13(9-4-7-19-8-9)15-20-5-1-6-21-15/h1-3,5-6,9,13,19H,4,7-8H2/t9-,13+/m1/s1. The molecular formula is C15H14ClF2N3O. The maximum atomic E-state index is 14.0. The van der Waals surface area contributed by atoms with Gasteiger partial charge in [-0.05, 0) is 31.2 Å². The highest BCUT2D eigenvalue weighted by atomic mass is 35.5. The third-order valence-corrected chi connectivity index (χ3v) is 3.97. The molecule has 2 atom stereocenters. The van der Waals surface area contributed by atoms with Gasteiger partial charge in [0.05, 0.1) is 0 Å². The van der Waals surface area contributed by atoms with Gasteiger partial charge in [-0.3, -0.25) is 0 Å². The van der Waals surface area contributed by atoms with Gasteiger partial charge in [0.1, 0.15) is 10.8 Å². The fourth-order valence-electron chi connectivity index (χ4n) is 2.50. The molecule has 1 N–H and O–H groups in total. The minimum absolute atomic E-state index is 0.0566. The van der Waals surface area contributed by atoms with E-state index in [-0.39, 0.29) is 16.7 Å². The Kier molecular flexibility index (Phi) is 4.49. The average molecular weight is 326 g/mol. The van der Waals surface area contributed by atoms with Gasteiger partial charge < -0.3 is 10.1 Å². The molecule has 2 aromatic rings. The fourth-order valence-corrected chi connectivity index (χ4v) is 2.69. The summed E-state index contributed by atoms with van der Waals surface area (Å²) < 4.78 is 33.2. The van der Waals surface area contributed by atoms with E-state index in [1.807, 2.05) is 0 Å². The van der Waals surface area contributed by atoms with Gasteiger partial charge in [0, 0.05) is 24.9 Å². The van der Waals surface area contributed by atoms with E-state index in [2.05, 4.69) is 15.3 Å². The monoisotopic (exact) mass is 325 g/mol. The highest BCUT2D eigenvalue weighted by Gasteiger charge is 2.31. The van der Waals surface area contributed by atoms with Crippen LogP contribution in [-0.2, 0) is 0 Å². The van der Waals surface area contributed by atoms with Crippen LogP contribution in [0, 0.1) is 17.6 Å². The smallest absolute Gasteiger partial charge is 0.177 e. The third-order valence-electron chi connectivity index (χ3n) is 3.61. The molecular weight excluding hydrogens is 312 g/mol. The van der Waals surface area contributed by atoms with Crippen molar-refractivity contribution in [1.82, 2.24) is 15.3 Å². The normalized spacial score (nSPS) is 19.1. The molecule has 1 saturated heterocycles. The van der Waals surface area contributed by atoms with E-state index in [0.29, 0.717) is 12.4 Å². The lowest BCUT2D eigenvalue weighted by Crippen LogP contribution is -2.23. The molecule has 1 fully saturated rings. The summed E-state index contributed by atoms with van der Waals surface area (Å²) in [6.45, 7) is 1.52. The summed E-state index contributed by atoms with van der Waals surface area (Å²) in [6, 6.07) is 3.64. The molecule has 116 valence electrons. The minimum Gasteiger partial charge on any atom is -0.477 e. The lowest BCUT2D eigenvalue weighted by molar-refractivity contribution is 0.129. The summed E-state index contributed by atoms with van der Waals surface area (Å²) >= 11 is 5.84. The lowest BCUT2D eigenvalue weighted by Gasteiger charge is -2.23. The first kappa shape index (κ1) is 15.1. The second-order valence-corrected chi connectivity index (χ2v) is 5.45. The van der Waals surface area contributed by atoms with E-state index in [9.17, 15) is 8.78 Å². The van der Waals surface area contributed by atoms with Crippen LogP contribution in [0.2, 0.25) is 5.02 Å². The molecule has 0 aliphatic carbocycles. The highest BCUT2D eigenvalue weighted by molar-refractivity contribution is 6.32. The van der Waals surface area contributed by atoms with E-state index >= 15 is 0 Å². The number of rotatable bonds is 4. The van der Waals surface area contributed by atoms with Crippen LogP contribution in [-0.4, -0.2) is 23.1 Å². The SMILES string of the molecule is Fc1ccc(F)c(O[C@H](c2ncccn2)[C@@H]2CCNC2)c1Cl. The number of hydrogen-bond donors (Lipinski definition) is 1. The Morgan fingerprint density at radius 1 is 1.23 bits per heavy atom. The molecule has 4 nitrogen and oxygen atoms in total. The molecule has 0 unspecified atom stereocenters. The zero-order valence-corrected chi connectivity index (χ0v) is 12.4. The molecule has 2 heterocycles. The third kappa shape index (κ3) is 3.03. The molecule has 1 aliphatic heterocycles. The zero-order chi connectivity index (χ0) is 15.5. The molecule has 0 spiro atoms. The van der Waals surface area contributed by atoms with Crippen molar-refractivity contribution in [3.8, 4) is 5.75 Å². The van der Waals surface area contributed by atoms with Crippen molar-refractivity contribution in [3.63, 3.8) is 0 Å². The van der Waals surface area contributed by atoms with Crippen molar-refractivity contribution in [2.45, 2.75) is 12.5 Å². The first-order chi connectivity index (χ1) is 10.7. The molecule has 0 saturated carbocycles. The molecule has 1 aromatic heterocycles. The van der Waals surface area contributed by atoms with Crippen molar-refractivity contribution in [2.24, 2.45) is 5.92 Å². The van der Waals surface area contributed by atoms with Crippen molar-refractivity contribution in [1.29, 1.82) is 0 Å². The van der Waals surface area contributed by atoms with Crippen molar-refractivity contribution in [3.05, 3.63) is 53.1 Å². The molecule has 1 aliphatic rings. The predicted octanol–water partition coefficient (Wildman–Crippen LogP) is 3.14. The van der Waals surface area contributed by atoms with Crippen LogP contribution in [0.4, 0.5) is 8.78 Å². The molecule has 22 heavy (non-hydrogen) atoms. The molecule has 3 rings (SSSR count). The predicted molar refractivity (Wildman–Crippen MR) is 77.7 cm³/mol. The number of aromatic nitrogens is 2. The van der Waals surface area contributed by atoms with Crippen LogP contribution in [0.1, 0.15) is 18.3 Å².